The van der Waals surface area contributed by atoms with Gasteiger partial charge in [-0.25, -0.2) is 13.8 Å². The summed E-state index contributed by atoms with van der Waals surface area (Å²) in [6.07, 6.45) is -2.66. The van der Waals surface area contributed by atoms with Gasteiger partial charge in [-0.15, -0.1) is 0 Å². The van der Waals surface area contributed by atoms with E-state index in [0.29, 0.717) is 27.8 Å². The van der Waals surface area contributed by atoms with Crippen molar-refractivity contribution in [3.63, 3.8) is 0 Å². The van der Waals surface area contributed by atoms with Crippen molar-refractivity contribution >= 4 is 39.4 Å². The molecule has 0 heterocycles. The molecule has 2 aromatic carbocycles. The fraction of sp³-hybridized carbons (Fsp3) is 0.222. The minimum atomic E-state index is -4.71. The van der Waals surface area contributed by atoms with E-state index in [-0.39, 0.29) is 5.02 Å². The van der Waals surface area contributed by atoms with E-state index in [4.69, 9.17) is 16.3 Å². The average Bonchev–Trinajstić information content (AvgIpc) is 2.65. The molecule has 12 heteroatoms. The maximum atomic E-state index is 13.0. The van der Waals surface area contributed by atoms with Crippen LogP contribution >= 0.6 is 11.6 Å². The van der Waals surface area contributed by atoms with E-state index in [2.05, 4.69) is 10.5 Å². The van der Waals surface area contributed by atoms with Crippen molar-refractivity contribution in [1.29, 1.82) is 0 Å². The summed E-state index contributed by atoms with van der Waals surface area (Å²) in [5.41, 5.74) is 1.17. The van der Waals surface area contributed by atoms with Crippen molar-refractivity contribution in [2.45, 2.75) is 6.18 Å². The Balaban J connectivity index is 2.19. The normalized spacial score (nSPS) is 12.1. The van der Waals surface area contributed by atoms with E-state index >= 15 is 0 Å². The van der Waals surface area contributed by atoms with E-state index in [0.717, 1.165) is 12.3 Å². The minimum Gasteiger partial charge on any atom is -0.497 e. The Morgan fingerprint density at radius 1 is 1.23 bits per heavy atom. The zero-order chi connectivity index (χ0) is 22.5. The van der Waals surface area contributed by atoms with Crippen LogP contribution < -0.4 is 14.5 Å². The van der Waals surface area contributed by atoms with Crippen LogP contribution in [0.3, 0.4) is 0 Å². The number of carbonyl (C=O) groups excluding carboxylic acids is 1. The fourth-order valence-electron chi connectivity index (χ4n) is 2.30. The number of nitrogens with one attached hydrogen (secondary N) is 1. The highest BCUT2D eigenvalue weighted by Crippen LogP contribution is 2.36. The van der Waals surface area contributed by atoms with E-state index < -0.39 is 39.9 Å². The number of amides is 1. The second-order valence-corrected chi connectivity index (χ2v) is 8.31. The fourth-order valence-corrected chi connectivity index (χ4v) is 3.43. The zero-order valence-corrected chi connectivity index (χ0v) is 17.3. The van der Waals surface area contributed by atoms with Crippen molar-refractivity contribution < 1.29 is 31.1 Å². The predicted octanol–water partition coefficient (Wildman–Crippen LogP) is 3.28. The van der Waals surface area contributed by atoms with Gasteiger partial charge in [-0.1, -0.05) is 11.6 Å². The van der Waals surface area contributed by atoms with Crippen LogP contribution in [0.1, 0.15) is 11.1 Å². The highest BCUT2D eigenvalue weighted by molar-refractivity contribution is 7.92. The molecule has 2 rings (SSSR count). The van der Waals surface area contributed by atoms with Gasteiger partial charge in [0.15, 0.2) is 0 Å². The number of hydrogen-bond donors (Lipinski definition) is 1. The summed E-state index contributed by atoms with van der Waals surface area (Å²) in [6.45, 7) is -0.820. The Labute approximate surface area is 176 Å². The topological polar surface area (TPSA) is 88.1 Å². The number of nitrogens with zero attached hydrogens (tertiary/aromatic N) is 2. The van der Waals surface area contributed by atoms with Crippen LogP contribution in [-0.2, 0) is 21.0 Å². The lowest BCUT2D eigenvalue weighted by Crippen LogP contribution is -2.39. The number of halogens is 4. The molecule has 0 radical (unpaired) electrons. The SMILES string of the molecule is COc1ccc(/C=N\NC(=O)CN(c2cc(C(F)(F)F)ccc2Cl)S(C)(=O)=O)cc1. The van der Waals surface area contributed by atoms with E-state index in [1.807, 2.05) is 0 Å². The van der Waals surface area contributed by atoms with Crippen LogP contribution in [0.4, 0.5) is 18.9 Å². The lowest BCUT2D eigenvalue weighted by Gasteiger charge is -2.23. The molecule has 0 unspecified atom stereocenters. The number of sulfonamides is 1. The van der Waals surface area contributed by atoms with Crippen LogP contribution in [0, 0.1) is 0 Å². The average molecular weight is 464 g/mol. The quantitative estimate of drug-likeness (QED) is 0.504. The molecule has 0 aliphatic rings. The summed E-state index contributed by atoms with van der Waals surface area (Å²) < 4.78 is 68.6. The molecule has 1 N–H and O–H groups in total. The van der Waals surface area contributed by atoms with Crippen molar-refractivity contribution in [3.05, 3.63) is 58.6 Å². The van der Waals surface area contributed by atoms with E-state index in [1.54, 1.807) is 24.3 Å². The number of hydrogen-bond acceptors (Lipinski definition) is 5. The van der Waals surface area contributed by atoms with Gasteiger partial charge >= 0.3 is 6.18 Å². The summed E-state index contributed by atoms with van der Waals surface area (Å²) in [7, 11) is -2.62. The number of benzene rings is 2. The first kappa shape index (κ1) is 23.5. The number of methoxy groups -OCH3 is 1. The van der Waals surface area contributed by atoms with Crippen LogP contribution in [-0.4, -0.2) is 40.4 Å². The van der Waals surface area contributed by atoms with Gasteiger partial charge in [-0.2, -0.15) is 18.3 Å². The lowest BCUT2D eigenvalue weighted by atomic mass is 10.2. The monoisotopic (exact) mass is 463 g/mol. The molecular weight excluding hydrogens is 447 g/mol. The minimum absolute atomic E-state index is 0.261. The second-order valence-electron chi connectivity index (χ2n) is 6.00. The molecule has 0 aliphatic heterocycles. The van der Waals surface area contributed by atoms with Crippen LogP contribution in [0.2, 0.25) is 5.02 Å². The van der Waals surface area contributed by atoms with Gasteiger partial charge in [0.05, 0.1) is 35.9 Å². The molecule has 7 nitrogen and oxygen atoms in total. The highest BCUT2D eigenvalue weighted by atomic mass is 35.5. The largest absolute Gasteiger partial charge is 0.497 e. The van der Waals surface area contributed by atoms with Crippen molar-refractivity contribution in [2.75, 3.05) is 24.2 Å². The standard InChI is InChI=1S/C18H17ClF3N3O4S/c1-29-14-6-3-12(4-7-14)10-23-24-17(26)11-25(30(2,27)28)16-9-13(18(20,21)22)5-8-15(16)19/h3-10H,11H2,1-2H3,(H,24,26)/b23-10-. The molecule has 162 valence electrons. The van der Waals surface area contributed by atoms with E-state index in [1.165, 1.54) is 13.3 Å². The molecule has 1 amide bonds. The molecule has 0 aliphatic carbocycles. The van der Waals surface area contributed by atoms with Gasteiger partial charge in [0.1, 0.15) is 12.3 Å². The van der Waals surface area contributed by atoms with Gasteiger partial charge in [0, 0.05) is 0 Å². The zero-order valence-electron chi connectivity index (χ0n) is 15.8. The Hall–Kier alpha value is -2.79. The second kappa shape index (κ2) is 9.35. The number of hydrazone groups is 1. The number of ether oxygens (including phenoxy) is 1. The smallest absolute Gasteiger partial charge is 0.416 e. The Kier molecular flexibility index (Phi) is 7.32. The molecule has 0 fully saturated rings. The van der Waals surface area contributed by atoms with E-state index in [9.17, 15) is 26.4 Å². The third-order valence-corrected chi connectivity index (χ3v) is 5.19. The Morgan fingerprint density at radius 2 is 1.87 bits per heavy atom. The van der Waals surface area contributed by atoms with Gasteiger partial charge in [-0.05, 0) is 48.0 Å². The van der Waals surface area contributed by atoms with Crippen LogP contribution in [0.25, 0.3) is 0 Å². The maximum absolute atomic E-state index is 13.0. The Morgan fingerprint density at radius 3 is 2.40 bits per heavy atom. The summed E-state index contributed by atoms with van der Waals surface area (Å²) in [6, 6.07) is 8.87. The van der Waals surface area contributed by atoms with Gasteiger partial charge < -0.3 is 4.74 Å². The summed E-state index contributed by atoms with van der Waals surface area (Å²) in [5, 5.41) is 3.44. The first-order valence-electron chi connectivity index (χ1n) is 8.22. The third-order valence-electron chi connectivity index (χ3n) is 3.75. The maximum Gasteiger partial charge on any atom is 0.416 e. The highest BCUT2D eigenvalue weighted by Gasteiger charge is 2.33. The Bertz CT molecular complexity index is 1040. The number of alkyl halides is 3. The van der Waals surface area contributed by atoms with Gasteiger partial charge in [0.25, 0.3) is 5.91 Å². The first-order valence-corrected chi connectivity index (χ1v) is 10.4. The molecule has 0 bridgehead atoms. The molecule has 2 aromatic rings. The summed E-state index contributed by atoms with van der Waals surface area (Å²) in [5.74, 6) is -0.253. The van der Waals surface area contributed by atoms with Crippen molar-refractivity contribution in [3.8, 4) is 5.75 Å². The van der Waals surface area contributed by atoms with Crippen LogP contribution in [0.15, 0.2) is 47.6 Å². The first-order chi connectivity index (χ1) is 13.9. The number of rotatable bonds is 7. The summed E-state index contributed by atoms with van der Waals surface area (Å²) in [4.78, 5) is 12.1. The third kappa shape index (κ3) is 6.36. The molecule has 0 aromatic heterocycles. The molecule has 30 heavy (non-hydrogen) atoms. The van der Waals surface area contributed by atoms with Crippen molar-refractivity contribution in [1.82, 2.24) is 5.43 Å². The molecule has 0 spiro atoms. The lowest BCUT2D eigenvalue weighted by molar-refractivity contribution is -0.137. The summed E-state index contributed by atoms with van der Waals surface area (Å²) >= 11 is 5.89. The predicted molar refractivity (Wildman–Crippen MR) is 107 cm³/mol. The number of carbonyl (C=O) groups is 1. The van der Waals surface area contributed by atoms with Gasteiger partial charge in [-0.3, -0.25) is 9.10 Å². The van der Waals surface area contributed by atoms with Crippen molar-refractivity contribution in [2.24, 2.45) is 5.10 Å². The molecular formula is C18H17ClF3N3O4S. The molecule has 0 atom stereocenters. The van der Waals surface area contributed by atoms with Gasteiger partial charge in [0.2, 0.25) is 10.0 Å². The molecule has 0 saturated heterocycles. The number of anilines is 1. The molecule has 0 saturated carbocycles. The van der Waals surface area contributed by atoms with Crippen LogP contribution in [0.5, 0.6) is 5.75 Å².